The summed E-state index contributed by atoms with van der Waals surface area (Å²) in [6.45, 7) is 2.27. The van der Waals surface area contributed by atoms with Crippen molar-refractivity contribution in [1.29, 1.82) is 0 Å². The number of hydrogen-bond acceptors (Lipinski definition) is 6. The van der Waals surface area contributed by atoms with Crippen LogP contribution in [0.25, 0.3) is 11.3 Å². The summed E-state index contributed by atoms with van der Waals surface area (Å²) in [6, 6.07) is 1.71. The molecular weight excluding hydrogens is 498 g/mol. The van der Waals surface area contributed by atoms with Crippen LogP contribution in [0.2, 0.25) is 5.15 Å². The predicted octanol–water partition coefficient (Wildman–Crippen LogP) is 3.71. The van der Waals surface area contributed by atoms with E-state index in [1.807, 2.05) is 0 Å². The standard InChI is InChI=1S/C21H20ClF4N5O4/c1-9-16(17(22)30-29-9)28-18(32)12-4-13(23)11(5-15(12)35-10(2)21(24,25)26)14-6-31(3)19(27-14)20(33)7-34-8-20/h4-6,10,33H,7-8H2,1-3H3,(H,28,32)(H,29,30). The van der Waals surface area contributed by atoms with Crippen LogP contribution in [0.5, 0.6) is 5.75 Å². The molecule has 0 radical (unpaired) electrons. The number of amides is 1. The quantitative estimate of drug-likeness (QED) is 0.430. The number of anilines is 1. The van der Waals surface area contributed by atoms with Gasteiger partial charge in [-0.2, -0.15) is 18.3 Å². The van der Waals surface area contributed by atoms with Crippen LogP contribution in [0.15, 0.2) is 18.3 Å². The molecule has 188 valence electrons. The van der Waals surface area contributed by atoms with Crippen molar-refractivity contribution in [1.82, 2.24) is 19.7 Å². The number of nitrogens with zero attached hydrogens (tertiary/aromatic N) is 3. The third kappa shape index (κ3) is 4.70. The Morgan fingerprint density at radius 1 is 1.40 bits per heavy atom. The highest BCUT2D eigenvalue weighted by atomic mass is 35.5. The maximum Gasteiger partial charge on any atom is 0.425 e. The minimum absolute atomic E-state index is 0.00761. The lowest BCUT2D eigenvalue weighted by Gasteiger charge is -2.35. The Morgan fingerprint density at radius 2 is 2.09 bits per heavy atom. The molecule has 1 saturated heterocycles. The van der Waals surface area contributed by atoms with Gasteiger partial charge in [0.25, 0.3) is 5.91 Å². The van der Waals surface area contributed by atoms with Crippen LogP contribution in [-0.2, 0) is 17.4 Å². The zero-order valence-corrected chi connectivity index (χ0v) is 19.4. The molecule has 1 amide bonds. The first-order chi connectivity index (χ1) is 16.3. The number of benzene rings is 1. The van der Waals surface area contributed by atoms with E-state index in [4.69, 9.17) is 21.1 Å². The zero-order valence-electron chi connectivity index (χ0n) is 18.6. The van der Waals surface area contributed by atoms with Crippen LogP contribution >= 0.6 is 11.6 Å². The van der Waals surface area contributed by atoms with Crippen LogP contribution in [0.3, 0.4) is 0 Å². The summed E-state index contributed by atoms with van der Waals surface area (Å²) in [5.41, 5.74) is -1.68. The van der Waals surface area contributed by atoms with Gasteiger partial charge in [0.1, 0.15) is 28.2 Å². The van der Waals surface area contributed by atoms with E-state index in [0.29, 0.717) is 5.69 Å². The lowest BCUT2D eigenvalue weighted by Crippen LogP contribution is -2.48. The molecule has 3 N–H and O–H groups in total. The number of aromatic amines is 1. The highest BCUT2D eigenvalue weighted by Crippen LogP contribution is 2.36. The molecule has 0 bridgehead atoms. The number of aliphatic hydroxyl groups is 1. The van der Waals surface area contributed by atoms with E-state index in [0.717, 1.165) is 19.1 Å². The van der Waals surface area contributed by atoms with E-state index in [9.17, 15) is 23.1 Å². The number of imidazole rings is 1. The third-order valence-electron chi connectivity index (χ3n) is 5.47. The smallest absolute Gasteiger partial charge is 0.425 e. The van der Waals surface area contributed by atoms with E-state index < -0.39 is 40.9 Å². The first kappa shape index (κ1) is 24.9. The van der Waals surface area contributed by atoms with Crippen molar-refractivity contribution in [3.8, 4) is 17.0 Å². The molecule has 3 heterocycles. The molecule has 1 aliphatic rings. The Balaban J connectivity index is 1.77. The van der Waals surface area contributed by atoms with Crippen molar-refractivity contribution >= 4 is 23.2 Å². The number of carbonyl (C=O) groups is 1. The number of alkyl halides is 3. The van der Waals surface area contributed by atoms with Crippen molar-refractivity contribution in [3.05, 3.63) is 46.4 Å². The molecule has 1 fully saturated rings. The molecule has 1 unspecified atom stereocenters. The second kappa shape index (κ2) is 8.81. The number of aryl methyl sites for hydroxylation is 2. The molecule has 35 heavy (non-hydrogen) atoms. The van der Waals surface area contributed by atoms with Crippen LogP contribution in [-0.4, -0.2) is 56.3 Å². The molecule has 1 aliphatic heterocycles. The summed E-state index contributed by atoms with van der Waals surface area (Å²) in [5, 5.41) is 19.2. The van der Waals surface area contributed by atoms with Gasteiger partial charge < -0.3 is 24.5 Å². The second-order valence-electron chi connectivity index (χ2n) is 8.17. The largest absolute Gasteiger partial charge is 0.480 e. The van der Waals surface area contributed by atoms with Gasteiger partial charge in [0.15, 0.2) is 11.7 Å². The van der Waals surface area contributed by atoms with Gasteiger partial charge in [0.05, 0.1) is 30.2 Å². The van der Waals surface area contributed by atoms with Crippen molar-refractivity contribution in [2.75, 3.05) is 18.5 Å². The van der Waals surface area contributed by atoms with Gasteiger partial charge in [-0.1, -0.05) is 11.6 Å². The van der Waals surface area contributed by atoms with Gasteiger partial charge in [-0.25, -0.2) is 9.37 Å². The van der Waals surface area contributed by atoms with E-state index in [-0.39, 0.29) is 41.1 Å². The van der Waals surface area contributed by atoms with E-state index >= 15 is 4.39 Å². The maximum absolute atomic E-state index is 15.2. The molecule has 9 nitrogen and oxygen atoms in total. The molecule has 0 saturated carbocycles. The highest BCUT2D eigenvalue weighted by Gasteiger charge is 2.42. The van der Waals surface area contributed by atoms with E-state index in [1.54, 1.807) is 7.05 Å². The second-order valence-corrected chi connectivity index (χ2v) is 8.55. The molecule has 0 spiro atoms. The van der Waals surface area contributed by atoms with Crippen molar-refractivity contribution < 1.29 is 36.9 Å². The molecule has 14 heteroatoms. The van der Waals surface area contributed by atoms with Crippen LogP contribution < -0.4 is 10.1 Å². The zero-order chi connectivity index (χ0) is 25.7. The number of H-pyrrole nitrogens is 1. The molecule has 4 rings (SSSR count). The SMILES string of the molecule is Cc1n[nH]c(Cl)c1NC(=O)c1cc(F)c(-c2cn(C)c(C3(O)COC3)n2)cc1OC(C)C(F)(F)F. The number of ether oxygens (including phenoxy) is 2. The lowest BCUT2D eigenvalue weighted by molar-refractivity contribution is -0.190. The first-order valence-electron chi connectivity index (χ1n) is 10.2. The fraction of sp³-hybridized carbons (Fsp3) is 0.381. The highest BCUT2D eigenvalue weighted by molar-refractivity contribution is 6.33. The third-order valence-corrected chi connectivity index (χ3v) is 5.74. The maximum atomic E-state index is 15.2. The molecule has 3 aromatic rings. The molecular formula is C21H20ClF4N5O4. The summed E-state index contributed by atoms with van der Waals surface area (Å²) in [4.78, 5) is 17.1. The molecule has 0 aliphatic carbocycles. The van der Waals surface area contributed by atoms with Gasteiger partial charge in [-0.3, -0.25) is 9.89 Å². The van der Waals surface area contributed by atoms with Crippen molar-refractivity contribution in [2.24, 2.45) is 7.05 Å². The summed E-state index contributed by atoms with van der Waals surface area (Å²) in [7, 11) is 1.57. The predicted molar refractivity (Wildman–Crippen MR) is 116 cm³/mol. The molecule has 1 aromatic carbocycles. The topological polar surface area (TPSA) is 114 Å². The van der Waals surface area contributed by atoms with Gasteiger partial charge in [-0.15, -0.1) is 0 Å². The molecule has 1 atom stereocenters. The summed E-state index contributed by atoms with van der Waals surface area (Å²) in [6.07, 6.45) is -5.66. The summed E-state index contributed by atoms with van der Waals surface area (Å²) >= 11 is 5.94. The average molecular weight is 518 g/mol. The normalized spacial score (nSPS) is 16.0. The van der Waals surface area contributed by atoms with Gasteiger partial charge in [0.2, 0.25) is 0 Å². The fourth-order valence-corrected chi connectivity index (χ4v) is 3.69. The minimum atomic E-state index is -4.75. The Labute approximate surface area is 201 Å². The van der Waals surface area contributed by atoms with Crippen LogP contribution in [0.1, 0.15) is 28.8 Å². The Hall–Kier alpha value is -3.16. The van der Waals surface area contributed by atoms with E-state index in [2.05, 4.69) is 20.5 Å². The average Bonchev–Trinajstić information content (AvgIpc) is 3.29. The van der Waals surface area contributed by atoms with Crippen molar-refractivity contribution in [3.63, 3.8) is 0 Å². The monoisotopic (exact) mass is 517 g/mol. The van der Waals surface area contributed by atoms with Gasteiger partial charge in [-0.05, 0) is 26.0 Å². The van der Waals surface area contributed by atoms with Crippen molar-refractivity contribution in [2.45, 2.75) is 31.7 Å². The minimum Gasteiger partial charge on any atom is -0.480 e. The number of halogens is 5. The van der Waals surface area contributed by atoms with Gasteiger partial charge in [0, 0.05) is 18.8 Å². The molecule has 2 aromatic heterocycles. The number of carbonyl (C=O) groups excluding carboxylic acids is 1. The Bertz CT molecular complexity index is 1270. The summed E-state index contributed by atoms with van der Waals surface area (Å²) < 4.78 is 66.4. The van der Waals surface area contributed by atoms with Crippen LogP contribution in [0, 0.1) is 12.7 Å². The Morgan fingerprint density at radius 3 is 2.63 bits per heavy atom. The fourth-order valence-electron chi connectivity index (χ4n) is 3.46. The van der Waals surface area contributed by atoms with E-state index in [1.165, 1.54) is 17.7 Å². The number of nitrogens with one attached hydrogen (secondary N) is 2. The van der Waals surface area contributed by atoms with Crippen LogP contribution in [0.4, 0.5) is 23.2 Å². The Kier molecular flexibility index (Phi) is 6.28. The first-order valence-corrected chi connectivity index (χ1v) is 10.6. The number of rotatable bonds is 6. The van der Waals surface area contributed by atoms with Gasteiger partial charge >= 0.3 is 6.18 Å². The number of aromatic nitrogens is 4. The summed E-state index contributed by atoms with van der Waals surface area (Å²) in [5.74, 6) is -2.25. The number of hydrogen-bond donors (Lipinski definition) is 3. The lowest BCUT2D eigenvalue weighted by atomic mass is 10.0.